The van der Waals surface area contributed by atoms with Crippen LogP contribution >= 0.6 is 0 Å². The number of ether oxygens (including phenoxy) is 1. The lowest BCUT2D eigenvalue weighted by atomic mass is 9.98. The van der Waals surface area contributed by atoms with Crippen LogP contribution in [0.4, 0.5) is 0 Å². The highest BCUT2D eigenvalue weighted by molar-refractivity contribution is 5.78. The zero-order chi connectivity index (χ0) is 20.2. The van der Waals surface area contributed by atoms with Crippen molar-refractivity contribution in [3.8, 4) is 11.8 Å². The summed E-state index contributed by atoms with van der Waals surface area (Å²) in [5.41, 5.74) is 4.16. The molecule has 2 aliphatic heterocycles. The first kappa shape index (κ1) is 19.5. The first-order chi connectivity index (χ1) is 14.1. The number of nitriles is 1. The Morgan fingerprint density at radius 2 is 2.00 bits per heavy atom. The van der Waals surface area contributed by atoms with Crippen molar-refractivity contribution in [1.29, 1.82) is 5.26 Å². The molecule has 0 aromatic heterocycles. The van der Waals surface area contributed by atoms with Gasteiger partial charge in [0.05, 0.1) is 24.7 Å². The van der Waals surface area contributed by atoms with Crippen molar-refractivity contribution in [1.82, 2.24) is 10.2 Å². The van der Waals surface area contributed by atoms with Crippen LogP contribution < -0.4 is 10.1 Å². The maximum absolute atomic E-state index is 12.4. The highest BCUT2D eigenvalue weighted by Gasteiger charge is 2.25. The quantitative estimate of drug-likeness (QED) is 0.851. The molecule has 1 amide bonds. The van der Waals surface area contributed by atoms with Gasteiger partial charge in [-0.2, -0.15) is 5.26 Å². The molecule has 4 rings (SSSR count). The molecule has 0 aliphatic carbocycles. The first-order valence-corrected chi connectivity index (χ1v) is 10.4. The number of nitrogens with one attached hydrogen (secondary N) is 1. The number of nitrogens with zero attached hydrogens (tertiary/aromatic N) is 2. The monoisotopic (exact) mass is 389 g/mol. The van der Waals surface area contributed by atoms with Gasteiger partial charge < -0.3 is 10.1 Å². The summed E-state index contributed by atoms with van der Waals surface area (Å²) < 4.78 is 5.72. The van der Waals surface area contributed by atoms with E-state index in [0.29, 0.717) is 18.0 Å². The standard InChI is InChI=1S/C24H27N3O2/c1-17(21-7-6-20-10-13-29-23(20)15-21)27-11-8-22(9-12-27)26-24(28)14-18-2-4-19(16-25)5-3-18/h2-7,15,17,22H,8-14H2,1H3,(H,26,28). The fourth-order valence-corrected chi connectivity index (χ4v) is 4.25. The van der Waals surface area contributed by atoms with Crippen LogP contribution in [0.15, 0.2) is 42.5 Å². The van der Waals surface area contributed by atoms with Gasteiger partial charge in [0.1, 0.15) is 5.75 Å². The number of hydrogen-bond acceptors (Lipinski definition) is 4. The van der Waals surface area contributed by atoms with Gasteiger partial charge in [0.15, 0.2) is 0 Å². The van der Waals surface area contributed by atoms with E-state index in [4.69, 9.17) is 10.00 Å². The van der Waals surface area contributed by atoms with Crippen LogP contribution in [0.2, 0.25) is 0 Å². The maximum atomic E-state index is 12.4. The molecule has 29 heavy (non-hydrogen) atoms. The van der Waals surface area contributed by atoms with E-state index in [1.54, 1.807) is 12.1 Å². The average molecular weight is 389 g/mol. The number of hydrogen-bond donors (Lipinski definition) is 1. The number of fused-ring (bicyclic) bond motifs is 1. The second kappa shape index (κ2) is 8.67. The van der Waals surface area contributed by atoms with Crippen molar-refractivity contribution < 1.29 is 9.53 Å². The van der Waals surface area contributed by atoms with Gasteiger partial charge in [-0.15, -0.1) is 0 Å². The summed E-state index contributed by atoms with van der Waals surface area (Å²) in [6, 6.07) is 16.5. The van der Waals surface area contributed by atoms with Crippen LogP contribution in [0.3, 0.4) is 0 Å². The van der Waals surface area contributed by atoms with Crippen LogP contribution in [0.25, 0.3) is 0 Å². The van der Waals surface area contributed by atoms with E-state index in [1.165, 1.54) is 11.1 Å². The lowest BCUT2D eigenvalue weighted by Crippen LogP contribution is -2.45. The third-order valence-corrected chi connectivity index (χ3v) is 6.09. The fourth-order valence-electron chi connectivity index (χ4n) is 4.25. The number of carbonyl (C=O) groups excluding carboxylic acids is 1. The van der Waals surface area contributed by atoms with Crippen molar-refractivity contribution in [2.24, 2.45) is 0 Å². The molecule has 1 saturated heterocycles. The van der Waals surface area contributed by atoms with Gasteiger partial charge in [0.2, 0.25) is 5.91 Å². The molecule has 1 unspecified atom stereocenters. The van der Waals surface area contributed by atoms with Gasteiger partial charge in [-0.1, -0.05) is 24.3 Å². The minimum Gasteiger partial charge on any atom is -0.493 e. The summed E-state index contributed by atoms with van der Waals surface area (Å²) in [4.78, 5) is 14.9. The van der Waals surface area contributed by atoms with E-state index < -0.39 is 0 Å². The third-order valence-electron chi connectivity index (χ3n) is 6.09. The van der Waals surface area contributed by atoms with E-state index in [2.05, 4.69) is 41.4 Å². The van der Waals surface area contributed by atoms with Crippen LogP contribution in [0.1, 0.15) is 48.1 Å². The van der Waals surface area contributed by atoms with E-state index in [-0.39, 0.29) is 11.9 Å². The van der Waals surface area contributed by atoms with E-state index >= 15 is 0 Å². The number of amides is 1. The van der Waals surface area contributed by atoms with Crippen molar-refractivity contribution in [2.45, 2.75) is 44.7 Å². The molecule has 0 bridgehead atoms. The molecule has 2 heterocycles. The first-order valence-electron chi connectivity index (χ1n) is 10.4. The Hall–Kier alpha value is -2.84. The van der Waals surface area contributed by atoms with Crippen molar-refractivity contribution >= 4 is 5.91 Å². The van der Waals surface area contributed by atoms with E-state index in [1.807, 2.05) is 12.1 Å². The molecule has 1 N–H and O–H groups in total. The van der Waals surface area contributed by atoms with Crippen LogP contribution in [-0.4, -0.2) is 36.5 Å². The molecule has 5 heteroatoms. The number of likely N-dealkylation sites (tertiary alicyclic amines) is 1. The molecule has 0 spiro atoms. The molecule has 1 fully saturated rings. The average Bonchev–Trinajstić information content (AvgIpc) is 3.22. The minimum absolute atomic E-state index is 0.0528. The Morgan fingerprint density at radius 1 is 1.24 bits per heavy atom. The summed E-state index contributed by atoms with van der Waals surface area (Å²) in [7, 11) is 0. The second-order valence-electron chi connectivity index (χ2n) is 8.00. The van der Waals surface area contributed by atoms with Gasteiger partial charge in [0.25, 0.3) is 0 Å². The topological polar surface area (TPSA) is 65.4 Å². The van der Waals surface area contributed by atoms with Gasteiger partial charge in [0, 0.05) is 31.6 Å². The van der Waals surface area contributed by atoms with Crippen molar-refractivity contribution in [3.63, 3.8) is 0 Å². The SMILES string of the molecule is CC(c1ccc2c(c1)OCC2)N1CCC(NC(=O)Cc2ccc(C#N)cc2)CC1. The lowest BCUT2D eigenvalue weighted by molar-refractivity contribution is -0.121. The van der Waals surface area contributed by atoms with E-state index in [9.17, 15) is 4.79 Å². The van der Waals surface area contributed by atoms with Gasteiger partial charge >= 0.3 is 0 Å². The Bertz CT molecular complexity index is 909. The van der Waals surface area contributed by atoms with Gasteiger partial charge in [-0.05, 0) is 54.7 Å². The molecular weight excluding hydrogens is 362 g/mol. The molecule has 2 aromatic rings. The Labute approximate surface area is 172 Å². The van der Waals surface area contributed by atoms with Crippen molar-refractivity contribution in [3.05, 3.63) is 64.7 Å². The highest BCUT2D eigenvalue weighted by atomic mass is 16.5. The number of rotatable bonds is 5. The largest absolute Gasteiger partial charge is 0.493 e. The Morgan fingerprint density at radius 3 is 2.72 bits per heavy atom. The molecule has 0 saturated carbocycles. The van der Waals surface area contributed by atoms with Gasteiger partial charge in [-0.3, -0.25) is 9.69 Å². The predicted molar refractivity (Wildman–Crippen MR) is 112 cm³/mol. The summed E-state index contributed by atoms with van der Waals surface area (Å²) in [6.07, 6.45) is 3.30. The molecule has 5 nitrogen and oxygen atoms in total. The minimum atomic E-state index is 0.0528. The smallest absolute Gasteiger partial charge is 0.224 e. The molecule has 2 aliphatic rings. The Balaban J connectivity index is 1.26. The maximum Gasteiger partial charge on any atom is 0.224 e. The van der Waals surface area contributed by atoms with Crippen LogP contribution in [0.5, 0.6) is 5.75 Å². The zero-order valence-electron chi connectivity index (χ0n) is 16.9. The summed E-state index contributed by atoms with van der Waals surface area (Å²) in [5.74, 6) is 1.09. The number of piperidine rings is 1. The number of benzene rings is 2. The van der Waals surface area contributed by atoms with Gasteiger partial charge in [-0.25, -0.2) is 0 Å². The third kappa shape index (κ3) is 4.60. The summed E-state index contributed by atoms with van der Waals surface area (Å²) >= 11 is 0. The molecule has 0 radical (unpaired) electrons. The van der Waals surface area contributed by atoms with E-state index in [0.717, 1.165) is 50.3 Å². The predicted octanol–water partition coefficient (Wildman–Crippen LogP) is 3.38. The zero-order valence-corrected chi connectivity index (χ0v) is 16.9. The highest BCUT2D eigenvalue weighted by Crippen LogP contribution is 2.31. The molecular formula is C24H27N3O2. The van der Waals surface area contributed by atoms with Crippen LogP contribution in [-0.2, 0) is 17.6 Å². The normalized spacial score (nSPS) is 17.8. The van der Waals surface area contributed by atoms with Crippen molar-refractivity contribution in [2.75, 3.05) is 19.7 Å². The Kier molecular flexibility index (Phi) is 5.82. The second-order valence-corrected chi connectivity index (χ2v) is 8.00. The summed E-state index contributed by atoms with van der Waals surface area (Å²) in [6.45, 7) is 4.99. The molecule has 1 atom stereocenters. The molecule has 2 aromatic carbocycles. The molecule has 150 valence electrons. The number of carbonyl (C=O) groups is 1. The summed E-state index contributed by atoms with van der Waals surface area (Å²) in [5, 5.41) is 12.0. The fraction of sp³-hybridized carbons (Fsp3) is 0.417. The van der Waals surface area contributed by atoms with Crippen LogP contribution in [0, 0.1) is 11.3 Å². The lowest BCUT2D eigenvalue weighted by Gasteiger charge is -2.36.